The van der Waals surface area contributed by atoms with Gasteiger partial charge in [0.1, 0.15) is 11.5 Å². The van der Waals surface area contributed by atoms with Crippen LogP contribution < -0.4 is 5.32 Å². The number of thioether (sulfide) groups is 1. The summed E-state index contributed by atoms with van der Waals surface area (Å²) in [7, 11) is 1.73. The number of amides is 2. The second kappa shape index (κ2) is 7.70. The van der Waals surface area contributed by atoms with Crippen LogP contribution in [-0.4, -0.2) is 32.9 Å². The molecule has 1 N–H and O–H groups in total. The van der Waals surface area contributed by atoms with Crippen LogP contribution in [0.5, 0.6) is 0 Å². The number of carbonyl (C=O) groups excluding carboxylic acids is 1. The molecule has 0 atom stereocenters. The molecule has 0 aliphatic heterocycles. The highest BCUT2D eigenvalue weighted by atomic mass is 32.2. The predicted octanol–water partition coefficient (Wildman–Crippen LogP) is 3.61. The van der Waals surface area contributed by atoms with Crippen molar-refractivity contribution in [2.24, 2.45) is 0 Å². The summed E-state index contributed by atoms with van der Waals surface area (Å²) in [5.41, 5.74) is 1.76. The van der Waals surface area contributed by atoms with Gasteiger partial charge < -0.3 is 14.7 Å². The van der Waals surface area contributed by atoms with Crippen molar-refractivity contribution in [2.45, 2.75) is 50.6 Å². The van der Waals surface area contributed by atoms with E-state index in [2.05, 4.69) is 36.2 Å². The first-order valence-corrected chi connectivity index (χ1v) is 8.60. The van der Waals surface area contributed by atoms with E-state index in [0.717, 1.165) is 22.0 Å². The van der Waals surface area contributed by atoms with Crippen molar-refractivity contribution in [1.29, 1.82) is 0 Å². The molecule has 0 saturated heterocycles. The Balaban J connectivity index is 1.88. The molecule has 2 heterocycles. The van der Waals surface area contributed by atoms with Gasteiger partial charge in [0.25, 0.3) is 0 Å². The Kier molecular flexibility index (Phi) is 5.88. The van der Waals surface area contributed by atoms with Crippen molar-refractivity contribution in [3.63, 3.8) is 0 Å². The minimum absolute atomic E-state index is 0.102. The van der Waals surface area contributed by atoms with Gasteiger partial charge in [-0.15, -0.1) is 11.8 Å². The minimum Gasteiger partial charge on any atom is -0.361 e. The molecule has 0 aromatic carbocycles. The highest BCUT2D eigenvalue weighted by Crippen LogP contribution is 2.30. The van der Waals surface area contributed by atoms with Crippen molar-refractivity contribution in [3.05, 3.63) is 41.4 Å². The number of aromatic nitrogens is 2. The zero-order valence-electron chi connectivity index (χ0n) is 14.8. The van der Waals surface area contributed by atoms with Gasteiger partial charge in [-0.1, -0.05) is 25.9 Å². The summed E-state index contributed by atoms with van der Waals surface area (Å²) >= 11 is 1.71. The molecule has 0 saturated carbocycles. The van der Waals surface area contributed by atoms with Gasteiger partial charge in [0.2, 0.25) is 0 Å². The standard InChI is InChI=1S/C17H24N4O2S/c1-12-8-14(20-23-12)11-21(5)16(22)19-10-13-6-7-18-15(9-13)24-17(2,3)4/h6-9H,10-11H2,1-5H3,(H,19,22). The van der Waals surface area contributed by atoms with Crippen LogP contribution in [0.15, 0.2) is 33.9 Å². The highest BCUT2D eigenvalue weighted by Gasteiger charge is 2.14. The summed E-state index contributed by atoms with van der Waals surface area (Å²) in [6.45, 7) is 9.14. The molecule has 0 aliphatic rings. The quantitative estimate of drug-likeness (QED) is 0.836. The van der Waals surface area contributed by atoms with E-state index < -0.39 is 0 Å². The van der Waals surface area contributed by atoms with Gasteiger partial charge >= 0.3 is 6.03 Å². The van der Waals surface area contributed by atoms with E-state index in [-0.39, 0.29) is 10.8 Å². The van der Waals surface area contributed by atoms with Crippen LogP contribution in [0.2, 0.25) is 0 Å². The fourth-order valence-corrected chi connectivity index (χ4v) is 3.00. The molecule has 0 spiro atoms. The normalized spacial score (nSPS) is 11.4. The summed E-state index contributed by atoms with van der Waals surface area (Å²) in [6, 6.07) is 5.59. The third kappa shape index (κ3) is 5.88. The second-order valence-corrected chi connectivity index (χ2v) is 8.51. The first-order chi connectivity index (χ1) is 11.2. The molecule has 24 heavy (non-hydrogen) atoms. The molecule has 2 aromatic rings. The largest absolute Gasteiger partial charge is 0.361 e. The Hall–Kier alpha value is -2.02. The average Bonchev–Trinajstić information content (AvgIpc) is 2.88. The van der Waals surface area contributed by atoms with Gasteiger partial charge in [-0.2, -0.15) is 0 Å². The molecule has 7 heteroatoms. The van der Waals surface area contributed by atoms with Crippen LogP contribution in [0.1, 0.15) is 37.8 Å². The summed E-state index contributed by atoms with van der Waals surface area (Å²) in [6.07, 6.45) is 1.78. The molecular weight excluding hydrogens is 324 g/mol. The molecule has 0 fully saturated rings. The van der Waals surface area contributed by atoms with E-state index in [1.54, 1.807) is 29.9 Å². The van der Waals surface area contributed by atoms with Crippen molar-refractivity contribution in [1.82, 2.24) is 20.4 Å². The minimum atomic E-state index is -0.155. The number of hydrogen-bond donors (Lipinski definition) is 1. The van der Waals surface area contributed by atoms with Crippen molar-refractivity contribution in [3.8, 4) is 0 Å². The van der Waals surface area contributed by atoms with Gasteiger partial charge in [0, 0.05) is 30.6 Å². The van der Waals surface area contributed by atoms with Gasteiger partial charge in [-0.3, -0.25) is 0 Å². The summed E-state index contributed by atoms with van der Waals surface area (Å²) in [5, 5.41) is 7.76. The molecule has 2 amide bonds. The van der Waals surface area contributed by atoms with Crippen LogP contribution in [-0.2, 0) is 13.1 Å². The third-order valence-corrected chi connectivity index (χ3v) is 4.12. The van der Waals surface area contributed by atoms with Gasteiger partial charge in [0.05, 0.1) is 11.6 Å². The Morgan fingerprint density at radius 2 is 2.12 bits per heavy atom. The Morgan fingerprint density at radius 3 is 2.75 bits per heavy atom. The number of hydrogen-bond acceptors (Lipinski definition) is 5. The summed E-state index contributed by atoms with van der Waals surface area (Å²) in [4.78, 5) is 18.1. The molecule has 0 unspecified atom stereocenters. The van der Waals surface area contributed by atoms with E-state index in [0.29, 0.717) is 13.1 Å². The molecular formula is C17H24N4O2S. The van der Waals surface area contributed by atoms with Gasteiger partial charge in [-0.05, 0) is 24.6 Å². The highest BCUT2D eigenvalue weighted by molar-refractivity contribution is 8.00. The van der Waals surface area contributed by atoms with Crippen LogP contribution in [0.3, 0.4) is 0 Å². The van der Waals surface area contributed by atoms with E-state index in [4.69, 9.17) is 4.52 Å². The lowest BCUT2D eigenvalue weighted by Gasteiger charge is -2.18. The number of carbonyl (C=O) groups is 1. The lowest BCUT2D eigenvalue weighted by Crippen LogP contribution is -2.36. The van der Waals surface area contributed by atoms with Gasteiger partial charge in [-0.25, -0.2) is 9.78 Å². The fraction of sp³-hybridized carbons (Fsp3) is 0.471. The lowest BCUT2D eigenvalue weighted by atomic mass is 10.2. The second-order valence-electron chi connectivity index (χ2n) is 6.66. The number of nitrogens with zero attached hydrogens (tertiary/aromatic N) is 3. The topological polar surface area (TPSA) is 71.3 Å². The maximum atomic E-state index is 12.2. The van der Waals surface area contributed by atoms with Crippen molar-refractivity contribution < 1.29 is 9.32 Å². The average molecular weight is 348 g/mol. The monoisotopic (exact) mass is 348 g/mol. The van der Waals surface area contributed by atoms with Crippen molar-refractivity contribution in [2.75, 3.05) is 7.05 Å². The smallest absolute Gasteiger partial charge is 0.317 e. The number of urea groups is 1. The SMILES string of the molecule is Cc1cc(CN(C)C(=O)NCc2ccnc(SC(C)(C)C)c2)no1. The predicted molar refractivity (Wildman–Crippen MR) is 94.8 cm³/mol. The number of rotatable bonds is 5. The molecule has 2 rings (SSSR count). The van der Waals surface area contributed by atoms with Crippen LogP contribution in [0.25, 0.3) is 0 Å². The van der Waals surface area contributed by atoms with Gasteiger partial charge in [0.15, 0.2) is 0 Å². The lowest BCUT2D eigenvalue weighted by molar-refractivity contribution is 0.205. The third-order valence-electron chi connectivity index (χ3n) is 3.08. The Morgan fingerprint density at radius 1 is 1.38 bits per heavy atom. The maximum absolute atomic E-state index is 12.2. The zero-order chi connectivity index (χ0) is 17.7. The Bertz CT molecular complexity index is 694. The zero-order valence-corrected chi connectivity index (χ0v) is 15.6. The molecule has 2 aromatic heterocycles. The van der Waals surface area contributed by atoms with E-state index >= 15 is 0 Å². The van der Waals surface area contributed by atoms with Crippen LogP contribution in [0.4, 0.5) is 4.79 Å². The maximum Gasteiger partial charge on any atom is 0.317 e. The molecule has 130 valence electrons. The van der Waals surface area contributed by atoms with Crippen LogP contribution >= 0.6 is 11.8 Å². The number of aryl methyl sites for hydroxylation is 1. The molecule has 0 bridgehead atoms. The van der Waals surface area contributed by atoms with E-state index in [1.807, 2.05) is 25.1 Å². The summed E-state index contributed by atoms with van der Waals surface area (Å²) in [5.74, 6) is 0.736. The first-order valence-electron chi connectivity index (χ1n) is 7.78. The first kappa shape index (κ1) is 18.3. The molecule has 0 aliphatic carbocycles. The summed E-state index contributed by atoms with van der Waals surface area (Å²) < 4.78 is 5.11. The van der Waals surface area contributed by atoms with Crippen LogP contribution in [0, 0.1) is 6.92 Å². The number of nitrogens with one attached hydrogen (secondary N) is 1. The number of pyridine rings is 1. The van der Waals surface area contributed by atoms with Crippen molar-refractivity contribution >= 4 is 17.8 Å². The van der Waals surface area contributed by atoms with E-state index in [1.165, 1.54) is 0 Å². The fourth-order valence-electron chi connectivity index (χ4n) is 2.05. The Labute approximate surface area is 147 Å². The molecule has 6 nitrogen and oxygen atoms in total. The van der Waals surface area contributed by atoms with E-state index in [9.17, 15) is 4.79 Å². The molecule has 0 radical (unpaired) electrons.